The van der Waals surface area contributed by atoms with Crippen LogP contribution in [0.4, 0.5) is 0 Å². The molecule has 0 saturated carbocycles. The van der Waals surface area contributed by atoms with Gasteiger partial charge in [-0.2, -0.15) is 0 Å². The van der Waals surface area contributed by atoms with E-state index in [1.54, 1.807) is 19.2 Å². The van der Waals surface area contributed by atoms with E-state index in [0.29, 0.717) is 11.7 Å². The monoisotopic (exact) mass is 395 g/mol. The van der Waals surface area contributed by atoms with Crippen LogP contribution in [-0.2, 0) is 6.42 Å². The number of hydrogen-bond acceptors (Lipinski definition) is 4. The van der Waals surface area contributed by atoms with Crippen molar-refractivity contribution < 1.29 is 14.6 Å². The molecule has 0 atom stereocenters. The highest BCUT2D eigenvalue weighted by Gasteiger charge is 2.12. The van der Waals surface area contributed by atoms with E-state index in [1.165, 1.54) is 0 Å². The number of benzene rings is 3. The molecule has 0 saturated heterocycles. The third-order valence-corrected chi connectivity index (χ3v) is 4.50. The van der Waals surface area contributed by atoms with Crippen LogP contribution in [0.5, 0.6) is 11.5 Å². The SMILES string of the molecule is COc1ccc(CCNC(=S)NNC(=O)c2cc3ccccc3cc2O)cc1. The molecule has 0 aliphatic carbocycles. The zero-order valence-electron chi connectivity index (χ0n) is 15.4. The lowest BCUT2D eigenvalue weighted by molar-refractivity contribution is 0.0941. The summed E-state index contributed by atoms with van der Waals surface area (Å²) in [5.41, 5.74) is 6.46. The lowest BCUT2D eigenvalue weighted by Gasteiger charge is -2.13. The number of hydrazine groups is 1. The maximum absolute atomic E-state index is 12.3. The summed E-state index contributed by atoms with van der Waals surface area (Å²) < 4.78 is 5.13. The summed E-state index contributed by atoms with van der Waals surface area (Å²) in [6.07, 6.45) is 0.769. The highest BCUT2D eigenvalue weighted by atomic mass is 32.1. The van der Waals surface area contributed by atoms with Crippen LogP contribution >= 0.6 is 12.2 Å². The van der Waals surface area contributed by atoms with E-state index in [4.69, 9.17) is 17.0 Å². The molecule has 0 aliphatic heterocycles. The fourth-order valence-corrected chi connectivity index (χ4v) is 2.90. The third kappa shape index (κ3) is 4.89. The Balaban J connectivity index is 1.48. The number of thiocarbonyl (C=S) groups is 1. The Kier molecular flexibility index (Phi) is 6.29. The molecule has 0 fully saturated rings. The topological polar surface area (TPSA) is 82.6 Å². The van der Waals surface area contributed by atoms with Crippen molar-refractivity contribution in [2.24, 2.45) is 0 Å². The van der Waals surface area contributed by atoms with Gasteiger partial charge >= 0.3 is 0 Å². The first-order valence-electron chi connectivity index (χ1n) is 8.75. The number of carbonyl (C=O) groups is 1. The molecule has 0 heterocycles. The maximum atomic E-state index is 12.3. The van der Waals surface area contributed by atoms with Gasteiger partial charge in [0, 0.05) is 6.54 Å². The summed E-state index contributed by atoms with van der Waals surface area (Å²) in [7, 11) is 1.63. The van der Waals surface area contributed by atoms with Crippen molar-refractivity contribution in [2.45, 2.75) is 6.42 Å². The normalized spacial score (nSPS) is 10.3. The van der Waals surface area contributed by atoms with Gasteiger partial charge in [0.25, 0.3) is 5.91 Å². The zero-order valence-corrected chi connectivity index (χ0v) is 16.2. The predicted octanol–water partition coefficient (Wildman–Crippen LogP) is 2.91. The Bertz CT molecular complexity index is 990. The fourth-order valence-electron chi connectivity index (χ4n) is 2.75. The number of nitrogens with one attached hydrogen (secondary N) is 3. The van der Waals surface area contributed by atoms with Gasteiger partial charge < -0.3 is 15.2 Å². The second kappa shape index (κ2) is 9.05. The van der Waals surface area contributed by atoms with Crippen molar-refractivity contribution in [1.29, 1.82) is 0 Å². The lowest BCUT2D eigenvalue weighted by Crippen LogP contribution is -2.47. The first kappa shape index (κ1) is 19.4. The quantitative estimate of drug-likeness (QED) is 0.393. The first-order valence-corrected chi connectivity index (χ1v) is 9.16. The number of phenolic OH excluding ortho intramolecular Hbond substituents is 1. The minimum Gasteiger partial charge on any atom is -0.507 e. The first-order chi connectivity index (χ1) is 13.6. The van der Waals surface area contributed by atoms with Crippen molar-refractivity contribution in [3.8, 4) is 11.5 Å². The van der Waals surface area contributed by atoms with E-state index in [1.807, 2.05) is 48.5 Å². The molecule has 3 aromatic rings. The summed E-state index contributed by atoms with van der Waals surface area (Å²) in [5, 5.41) is 15.1. The van der Waals surface area contributed by atoms with Crippen LogP contribution in [0.2, 0.25) is 0 Å². The van der Waals surface area contributed by atoms with Gasteiger partial charge in [-0.25, -0.2) is 0 Å². The second-order valence-electron chi connectivity index (χ2n) is 6.15. The van der Waals surface area contributed by atoms with Crippen molar-refractivity contribution in [2.75, 3.05) is 13.7 Å². The van der Waals surface area contributed by atoms with Crippen molar-refractivity contribution >= 4 is 34.0 Å². The van der Waals surface area contributed by atoms with Crippen LogP contribution < -0.4 is 20.9 Å². The van der Waals surface area contributed by atoms with Gasteiger partial charge in [0.2, 0.25) is 0 Å². The molecule has 0 radical (unpaired) electrons. The van der Waals surface area contributed by atoms with Gasteiger partial charge in [0.05, 0.1) is 12.7 Å². The molecule has 0 spiro atoms. The second-order valence-corrected chi connectivity index (χ2v) is 6.56. The summed E-state index contributed by atoms with van der Waals surface area (Å²) in [5.74, 6) is 0.257. The van der Waals surface area contributed by atoms with Gasteiger partial charge in [-0.1, -0.05) is 36.4 Å². The van der Waals surface area contributed by atoms with E-state index < -0.39 is 5.91 Å². The van der Waals surface area contributed by atoms with Gasteiger partial charge in [-0.05, 0) is 59.2 Å². The van der Waals surface area contributed by atoms with Gasteiger partial charge in [0.15, 0.2) is 5.11 Å². The van der Waals surface area contributed by atoms with Crippen molar-refractivity contribution in [3.05, 3.63) is 71.8 Å². The van der Waals surface area contributed by atoms with Crippen LogP contribution in [0.3, 0.4) is 0 Å². The molecule has 6 nitrogen and oxygen atoms in total. The molecule has 3 aromatic carbocycles. The minimum atomic E-state index is -0.470. The largest absolute Gasteiger partial charge is 0.507 e. The molecule has 0 aromatic heterocycles. The number of methoxy groups -OCH3 is 1. The lowest BCUT2D eigenvalue weighted by atomic mass is 10.1. The highest BCUT2D eigenvalue weighted by molar-refractivity contribution is 7.80. The molecule has 7 heteroatoms. The molecular weight excluding hydrogens is 374 g/mol. The highest BCUT2D eigenvalue weighted by Crippen LogP contribution is 2.24. The molecule has 3 rings (SSSR count). The van der Waals surface area contributed by atoms with E-state index in [0.717, 1.165) is 28.5 Å². The zero-order chi connectivity index (χ0) is 19.9. The molecule has 4 N–H and O–H groups in total. The van der Waals surface area contributed by atoms with E-state index in [9.17, 15) is 9.90 Å². The van der Waals surface area contributed by atoms with E-state index >= 15 is 0 Å². The Hall–Kier alpha value is -3.32. The number of carbonyl (C=O) groups excluding carboxylic acids is 1. The summed E-state index contributed by atoms with van der Waals surface area (Å²) in [6, 6.07) is 18.5. The Morgan fingerprint density at radius 2 is 1.71 bits per heavy atom. The van der Waals surface area contributed by atoms with Crippen LogP contribution in [0.15, 0.2) is 60.7 Å². The summed E-state index contributed by atoms with van der Waals surface area (Å²) >= 11 is 5.17. The molecule has 1 amide bonds. The molecule has 0 aliphatic rings. The number of phenols is 1. The van der Waals surface area contributed by atoms with Crippen LogP contribution in [0.1, 0.15) is 15.9 Å². The van der Waals surface area contributed by atoms with Gasteiger partial charge in [-0.15, -0.1) is 0 Å². The average molecular weight is 395 g/mol. The van der Waals surface area contributed by atoms with Crippen LogP contribution in [-0.4, -0.2) is 29.8 Å². The Labute approximate surface area is 168 Å². The van der Waals surface area contributed by atoms with Crippen molar-refractivity contribution in [1.82, 2.24) is 16.2 Å². The maximum Gasteiger partial charge on any atom is 0.273 e. The average Bonchev–Trinajstić information content (AvgIpc) is 2.72. The number of hydrogen-bond donors (Lipinski definition) is 4. The minimum absolute atomic E-state index is 0.0867. The molecular formula is C21H21N3O3S. The number of aromatic hydroxyl groups is 1. The Morgan fingerprint density at radius 1 is 1.04 bits per heavy atom. The Morgan fingerprint density at radius 3 is 2.39 bits per heavy atom. The number of amides is 1. The molecule has 0 unspecified atom stereocenters. The predicted molar refractivity (Wildman–Crippen MR) is 114 cm³/mol. The van der Waals surface area contributed by atoms with Gasteiger partial charge in [-0.3, -0.25) is 15.6 Å². The standard InChI is InChI=1S/C21H21N3O3S/c1-27-17-8-6-14(7-9-17)10-11-22-21(28)24-23-20(26)18-12-15-4-2-3-5-16(15)13-19(18)25/h2-9,12-13,25H,10-11H2,1H3,(H,23,26)(H2,22,24,28). The van der Waals surface area contributed by atoms with Gasteiger partial charge in [0.1, 0.15) is 11.5 Å². The fraction of sp³-hybridized carbons (Fsp3) is 0.143. The number of fused-ring (bicyclic) bond motifs is 1. The molecule has 144 valence electrons. The number of rotatable bonds is 5. The summed E-state index contributed by atoms with van der Waals surface area (Å²) in [6.45, 7) is 0.606. The van der Waals surface area contributed by atoms with E-state index in [-0.39, 0.29) is 11.3 Å². The van der Waals surface area contributed by atoms with Crippen LogP contribution in [0.25, 0.3) is 10.8 Å². The number of ether oxygens (including phenoxy) is 1. The molecule has 0 bridgehead atoms. The van der Waals surface area contributed by atoms with Crippen LogP contribution in [0, 0.1) is 0 Å². The van der Waals surface area contributed by atoms with Crippen molar-refractivity contribution in [3.63, 3.8) is 0 Å². The smallest absolute Gasteiger partial charge is 0.273 e. The third-order valence-electron chi connectivity index (χ3n) is 4.26. The summed E-state index contributed by atoms with van der Waals surface area (Å²) in [4.78, 5) is 12.3. The van der Waals surface area contributed by atoms with E-state index in [2.05, 4.69) is 16.2 Å². The molecule has 28 heavy (non-hydrogen) atoms.